The minimum absolute atomic E-state index is 0.393. The Labute approximate surface area is 97.9 Å². The average molecular weight is 236 g/mol. The highest BCUT2D eigenvalue weighted by atomic mass is 16.6. The molecule has 5 nitrogen and oxygen atoms in total. The van der Waals surface area contributed by atoms with E-state index in [9.17, 15) is 4.79 Å². The minimum Gasteiger partial charge on any atom is -0.489 e. The number of aliphatic carboxylic acids is 1. The molecule has 1 unspecified atom stereocenters. The highest BCUT2D eigenvalue weighted by Crippen LogP contribution is 2.46. The van der Waals surface area contributed by atoms with Crippen LogP contribution in [0.4, 0.5) is 0 Å². The average Bonchev–Trinajstić information content (AvgIpc) is 2.37. The lowest BCUT2D eigenvalue weighted by Gasteiger charge is -2.28. The van der Waals surface area contributed by atoms with E-state index in [4.69, 9.17) is 19.3 Å². The molecule has 0 saturated carbocycles. The lowest BCUT2D eigenvalue weighted by atomic mass is 9.92. The smallest absolute Gasteiger partial charge is 0.311 e. The summed E-state index contributed by atoms with van der Waals surface area (Å²) in [7, 11) is 0. The molecule has 3 rings (SSSR count). The number of carbonyl (C=O) groups is 1. The van der Waals surface area contributed by atoms with Crippen LogP contribution in [0, 0.1) is 0 Å². The van der Waals surface area contributed by atoms with Gasteiger partial charge in [0.2, 0.25) is 5.75 Å². The molecule has 90 valence electrons. The monoisotopic (exact) mass is 236 g/mol. The van der Waals surface area contributed by atoms with E-state index in [-0.39, 0.29) is 0 Å². The van der Waals surface area contributed by atoms with Gasteiger partial charge in [0.1, 0.15) is 13.2 Å². The fourth-order valence-electron chi connectivity index (χ4n) is 2.22. The second kappa shape index (κ2) is 3.84. The number of carboxylic acids is 1. The number of benzene rings is 1. The summed E-state index contributed by atoms with van der Waals surface area (Å²) in [4.78, 5) is 11.2. The lowest BCUT2D eigenvalue weighted by Crippen LogP contribution is -2.23. The zero-order valence-electron chi connectivity index (χ0n) is 9.14. The highest BCUT2D eigenvalue weighted by molar-refractivity contribution is 5.79. The predicted molar refractivity (Wildman–Crippen MR) is 57.9 cm³/mol. The molecule has 1 aromatic rings. The van der Waals surface area contributed by atoms with Crippen molar-refractivity contribution in [2.75, 3.05) is 19.8 Å². The van der Waals surface area contributed by atoms with Gasteiger partial charge in [-0.1, -0.05) is 6.07 Å². The quantitative estimate of drug-likeness (QED) is 0.798. The van der Waals surface area contributed by atoms with Crippen LogP contribution in [0.2, 0.25) is 0 Å². The van der Waals surface area contributed by atoms with Crippen molar-refractivity contribution >= 4 is 5.97 Å². The predicted octanol–water partition coefficient (Wildman–Crippen LogP) is 1.41. The Morgan fingerprint density at radius 3 is 2.71 bits per heavy atom. The van der Waals surface area contributed by atoms with E-state index in [1.807, 2.05) is 0 Å². The Kier molecular flexibility index (Phi) is 2.31. The summed E-state index contributed by atoms with van der Waals surface area (Å²) in [5.41, 5.74) is 0.674. The van der Waals surface area contributed by atoms with Crippen molar-refractivity contribution in [2.45, 2.75) is 12.3 Å². The second-order valence-corrected chi connectivity index (χ2v) is 4.04. The molecule has 2 heterocycles. The molecule has 2 aliphatic rings. The highest BCUT2D eigenvalue weighted by Gasteiger charge is 2.32. The molecule has 0 radical (unpaired) electrons. The van der Waals surface area contributed by atoms with Crippen LogP contribution in [0.5, 0.6) is 17.2 Å². The number of hydrogen-bond acceptors (Lipinski definition) is 4. The molecule has 17 heavy (non-hydrogen) atoms. The summed E-state index contributed by atoms with van der Waals surface area (Å²) in [5, 5.41) is 9.16. The molecule has 1 N–H and O–H groups in total. The minimum atomic E-state index is -0.828. The second-order valence-electron chi connectivity index (χ2n) is 4.04. The van der Waals surface area contributed by atoms with Crippen LogP contribution in [-0.2, 0) is 4.79 Å². The Morgan fingerprint density at radius 1 is 1.12 bits per heavy atom. The lowest BCUT2D eigenvalue weighted by molar-refractivity contribution is -0.139. The van der Waals surface area contributed by atoms with E-state index in [2.05, 4.69) is 0 Å². The molecule has 0 saturated heterocycles. The molecular weight excluding hydrogens is 224 g/mol. The van der Waals surface area contributed by atoms with Gasteiger partial charge in [0.25, 0.3) is 0 Å². The molecule has 0 spiro atoms. The van der Waals surface area contributed by atoms with Gasteiger partial charge in [-0.15, -0.1) is 0 Å². The van der Waals surface area contributed by atoms with Crippen LogP contribution in [0.15, 0.2) is 12.1 Å². The molecule has 0 amide bonds. The fraction of sp³-hybridized carbons (Fsp3) is 0.417. The third kappa shape index (κ3) is 1.58. The van der Waals surface area contributed by atoms with Gasteiger partial charge in [0, 0.05) is 5.56 Å². The summed E-state index contributed by atoms with van der Waals surface area (Å²) in [6.07, 6.45) is 0.488. The molecular formula is C12H12O5. The first-order chi connectivity index (χ1) is 8.27. The maximum atomic E-state index is 11.2. The van der Waals surface area contributed by atoms with Crippen LogP contribution >= 0.6 is 0 Å². The molecule has 0 bridgehead atoms. The van der Waals surface area contributed by atoms with Gasteiger partial charge >= 0.3 is 5.97 Å². The van der Waals surface area contributed by atoms with Crippen molar-refractivity contribution in [1.29, 1.82) is 0 Å². The van der Waals surface area contributed by atoms with Crippen LogP contribution in [0.1, 0.15) is 17.9 Å². The molecule has 1 atom stereocenters. The van der Waals surface area contributed by atoms with Gasteiger partial charge in [-0.25, -0.2) is 0 Å². The first-order valence-electron chi connectivity index (χ1n) is 5.55. The number of fused-ring (bicyclic) bond motifs is 3. The van der Waals surface area contributed by atoms with E-state index < -0.39 is 11.9 Å². The van der Waals surface area contributed by atoms with E-state index in [1.54, 1.807) is 12.1 Å². The summed E-state index contributed by atoms with van der Waals surface area (Å²) in [6.45, 7) is 1.36. The third-order valence-electron chi connectivity index (χ3n) is 3.02. The number of rotatable bonds is 1. The van der Waals surface area contributed by atoms with Gasteiger partial charge in [-0.05, 0) is 12.5 Å². The van der Waals surface area contributed by atoms with E-state index in [1.165, 1.54) is 0 Å². The summed E-state index contributed by atoms with van der Waals surface area (Å²) in [6, 6.07) is 3.50. The molecule has 0 aliphatic carbocycles. The Balaban J connectivity index is 2.11. The third-order valence-corrected chi connectivity index (χ3v) is 3.02. The Bertz CT molecular complexity index is 468. The van der Waals surface area contributed by atoms with Crippen molar-refractivity contribution in [3.8, 4) is 17.2 Å². The van der Waals surface area contributed by atoms with E-state index in [0.29, 0.717) is 49.1 Å². The number of ether oxygens (including phenoxy) is 3. The van der Waals surface area contributed by atoms with Crippen molar-refractivity contribution in [2.24, 2.45) is 0 Å². The van der Waals surface area contributed by atoms with E-state index in [0.717, 1.165) is 0 Å². The first kappa shape index (κ1) is 10.3. The fourth-order valence-corrected chi connectivity index (χ4v) is 2.22. The van der Waals surface area contributed by atoms with Crippen molar-refractivity contribution in [3.63, 3.8) is 0 Å². The standard InChI is InChI=1S/C12H12O5/c13-12(14)8-3-4-16-10-7(8)1-2-9-11(10)17-6-5-15-9/h1-2,8H,3-6H2,(H,13,14). The number of carboxylic acid groups (broad SMARTS) is 1. The Hall–Kier alpha value is -1.91. The Morgan fingerprint density at radius 2 is 1.88 bits per heavy atom. The zero-order valence-corrected chi connectivity index (χ0v) is 9.14. The summed E-state index contributed by atoms with van der Waals surface area (Å²) in [5.74, 6) is 0.349. The van der Waals surface area contributed by atoms with Crippen molar-refractivity contribution < 1.29 is 24.1 Å². The van der Waals surface area contributed by atoms with Crippen LogP contribution in [-0.4, -0.2) is 30.9 Å². The van der Waals surface area contributed by atoms with E-state index >= 15 is 0 Å². The van der Waals surface area contributed by atoms with Crippen LogP contribution < -0.4 is 14.2 Å². The molecule has 0 aromatic heterocycles. The van der Waals surface area contributed by atoms with Crippen molar-refractivity contribution in [1.82, 2.24) is 0 Å². The van der Waals surface area contributed by atoms with Gasteiger partial charge in [-0.3, -0.25) is 4.79 Å². The maximum Gasteiger partial charge on any atom is 0.311 e. The summed E-state index contributed by atoms with van der Waals surface area (Å²) < 4.78 is 16.5. The zero-order chi connectivity index (χ0) is 11.8. The largest absolute Gasteiger partial charge is 0.489 e. The molecule has 2 aliphatic heterocycles. The molecule has 0 fully saturated rings. The van der Waals surface area contributed by atoms with Crippen molar-refractivity contribution in [3.05, 3.63) is 17.7 Å². The van der Waals surface area contributed by atoms with Gasteiger partial charge < -0.3 is 19.3 Å². The van der Waals surface area contributed by atoms with Gasteiger partial charge in [0.05, 0.1) is 12.5 Å². The van der Waals surface area contributed by atoms with Crippen LogP contribution in [0.3, 0.4) is 0 Å². The van der Waals surface area contributed by atoms with Gasteiger partial charge in [-0.2, -0.15) is 0 Å². The van der Waals surface area contributed by atoms with Gasteiger partial charge in [0.15, 0.2) is 11.5 Å². The number of hydrogen-bond donors (Lipinski definition) is 1. The molecule has 1 aromatic carbocycles. The maximum absolute atomic E-state index is 11.2. The molecule has 5 heteroatoms. The summed E-state index contributed by atoms with van der Waals surface area (Å²) >= 11 is 0. The van der Waals surface area contributed by atoms with Crippen LogP contribution in [0.25, 0.3) is 0 Å². The first-order valence-corrected chi connectivity index (χ1v) is 5.55. The SMILES string of the molecule is O=C(O)C1CCOc2c1ccc1c2OCCO1. The topological polar surface area (TPSA) is 65.0 Å². The normalized spacial score (nSPS) is 21.3.